The lowest BCUT2D eigenvalue weighted by atomic mass is 10.2. The number of aromatic hydroxyl groups is 1. The summed E-state index contributed by atoms with van der Waals surface area (Å²) in [7, 11) is 1.29. The van der Waals surface area contributed by atoms with Crippen LogP contribution in [0.4, 0.5) is 11.6 Å². The number of phenolic OH excluding ortho intramolecular Hbond substituents is 1. The molecule has 0 bridgehead atoms. The number of aromatic amines is 1. The fourth-order valence-corrected chi connectivity index (χ4v) is 2.24. The number of methoxy groups -OCH3 is 1. The van der Waals surface area contributed by atoms with Gasteiger partial charge in [0.2, 0.25) is 5.75 Å². The van der Waals surface area contributed by atoms with Crippen molar-refractivity contribution < 1.29 is 14.8 Å². The van der Waals surface area contributed by atoms with E-state index in [2.05, 4.69) is 37.6 Å². The molecule has 0 saturated carbocycles. The number of ether oxygens (including phenoxy) is 1. The fourth-order valence-electron chi connectivity index (χ4n) is 1.98. The summed E-state index contributed by atoms with van der Waals surface area (Å²) in [5, 5.41) is 21.1. The number of nitro benzene ring substituents is 1. The zero-order valence-electron chi connectivity index (χ0n) is 12.2. The lowest BCUT2D eigenvalue weighted by Crippen LogP contribution is -1.95. The third-order valence-corrected chi connectivity index (χ3v) is 3.38. The van der Waals surface area contributed by atoms with Crippen LogP contribution in [0, 0.1) is 10.1 Å². The van der Waals surface area contributed by atoms with E-state index in [4.69, 9.17) is 4.74 Å². The van der Waals surface area contributed by atoms with Crippen molar-refractivity contribution in [2.45, 2.75) is 5.03 Å². The number of aliphatic imine (C=N–C) groups is 1. The molecule has 0 unspecified atom stereocenters. The molecule has 0 fully saturated rings. The Labute approximate surface area is 139 Å². The Morgan fingerprint density at radius 2 is 2.25 bits per heavy atom. The van der Waals surface area contributed by atoms with E-state index in [1.165, 1.54) is 25.7 Å². The van der Waals surface area contributed by atoms with Gasteiger partial charge in [0, 0.05) is 17.8 Å². The fraction of sp³-hybridized carbons (Fsp3) is 0.0769. The predicted molar refractivity (Wildman–Crippen MR) is 87.5 cm³/mol. The Kier molecular flexibility index (Phi) is 4.00. The molecule has 0 spiro atoms. The number of hydrogen-bond donors (Lipinski definition) is 3. The summed E-state index contributed by atoms with van der Waals surface area (Å²) in [5.74, 6) is -0.482. The number of aromatic nitrogens is 4. The first-order chi connectivity index (χ1) is 11.5. The molecule has 10 nitrogen and oxygen atoms in total. The van der Waals surface area contributed by atoms with E-state index >= 15 is 0 Å². The average Bonchev–Trinajstić information content (AvgIpc) is 3.02. The largest absolute Gasteiger partial charge is 0.500 e. The van der Waals surface area contributed by atoms with Crippen molar-refractivity contribution in [2.24, 2.45) is 4.99 Å². The molecule has 0 aliphatic heterocycles. The van der Waals surface area contributed by atoms with Gasteiger partial charge in [-0.15, -0.1) is 12.6 Å². The van der Waals surface area contributed by atoms with E-state index in [1.54, 1.807) is 0 Å². The van der Waals surface area contributed by atoms with E-state index in [-0.39, 0.29) is 11.7 Å². The first-order valence-electron chi connectivity index (χ1n) is 6.49. The van der Waals surface area contributed by atoms with E-state index in [9.17, 15) is 15.2 Å². The smallest absolute Gasteiger partial charge is 0.315 e. The summed E-state index contributed by atoms with van der Waals surface area (Å²) in [6, 6.07) is 2.57. The number of hydrogen-bond acceptors (Lipinski definition) is 9. The van der Waals surface area contributed by atoms with Gasteiger partial charge < -0.3 is 14.8 Å². The standard InChI is InChI=1S/C13H10N6O4S/c1-23-8-3-6(2-7(10(8)20)19(21)22)4-14-13-17-11-9(12(24)18-13)15-5-16-11/h2-5,20H,1H3,(H2,15,16,17,18,24). The van der Waals surface area contributed by atoms with Crippen molar-refractivity contribution >= 4 is 41.6 Å². The normalized spacial score (nSPS) is 11.2. The first kappa shape index (κ1) is 15.7. The highest BCUT2D eigenvalue weighted by atomic mass is 32.1. The number of nitrogens with one attached hydrogen (secondary N) is 1. The first-order valence-corrected chi connectivity index (χ1v) is 6.94. The highest BCUT2D eigenvalue weighted by molar-refractivity contribution is 7.80. The number of thiol groups is 1. The predicted octanol–water partition coefficient (Wildman–Crippen LogP) is 2.01. The summed E-state index contributed by atoms with van der Waals surface area (Å²) in [6.45, 7) is 0. The molecule has 2 N–H and O–H groups in total. The number of fused-ring (bicyclic) bond motifs is 1. The molecule has 0 radical (unpaired) electrons. The van der Waals surface area contributed by atoms with Crippen LogP contribution in [0.2, 0.25) is 0 Å². The van der Waals surface area contributed by atoms with Gasteiger partial charge in [0.25, 0.3) is 5.95 Å². The van der Waals surface area contributed by atoms with Gasteiger partial charge >= 0.3 is 5.69 Å². The number of phenols is 1. The third kappa shape index (κ3) is 2.84. The molecule has 11 heteroatoms. The van der Waals surface area contributed by atoms with Gasteiger partial charge in [-0.2, -0.15) is 4.98 Å². The van der Waals surface area contributed by atoms with E-state index in [1.807, 2.05) is 0 Å². The van der Waals surface area contributed by atoms with Crippen LogP contribution in [0.3, 0.4) is 0 Å². The van der Waals surface area contributed by atoms with Crippen LogP contribution in [-0.4, -0.2) is 43.3 Å². The van der Waals surface area contributed by atoms with Gasteiger partial charge in [0.15, 0.2) is 11.4 Å². The van der Waals surface area contributed by atoms with Crippen molar-refractivity contribution in [1.82, 2.24) is 19.9 Å². The molecular formula is C13H10N6O4S. The van der Waals surface area contributed by atoms with Gasteiger partial charge in [-0.05, 0) is 6.07 Å². The zero-order valence-corrected chi connectivity index (χ0v) is 13.1. The Hall–Kier alpha value is -3.21. The lowest BCUT2D eigenvalue weighted by molar-refractivity contribution is -0.386. The number of nitro groups is 1. The number of H-pyrrole nitrogens is 1. The number of benzene rings is 1. The maximum absolute atomic E-state index is 11.0. The van der Waals surface area contributed by atoms with Crippen molar-refractivity contribution in [2.75, 3.05) is 7.11 Å². The molecule has 2 aromatic heterocycles. The molecule has 2 heterocycles. The molecule has 3 aromatic rings. The lowest BCUT2D eigenvalue weighted by Gasteiger charge is -2.04. The second-order valence-corrected chi connectivity index (χ2v) is 4.98. The molecule has 3 rings (SSSR count). The van der Waals surface area contributed by atoms with Crippen molar-refractivity contribution in [1.29, 1.82) is 0 Å². The Morgan fingerprint density at radius 3 is 2.96 bits per heavy atom. The number of imidazole rings is 1. The molecule has 0 aliphatic carbocycles. The van der Waals surface area contributed by atoms with Crippen molar-refractivity contribution in [3.05, 3.63) is 34.1 Å². The second-order valence-electron chi connectivity index (χ2n) is 4.55. The van der Waals surface area contributed by atoms with Crippen LogP contribution in [0.25, 0.3) is 11.2 Å². The minimum Gasteiger partial charge on any atom is -0.500 e. The molecular weight excluding hydrogens is 336 g/mol. The van der Waals surface area contributed by atoms with Gasteiger partial charge in [-0.1, -0.05) is 0 Å². The molecule has 24 heavy (non-hydrogen) atoms. The van der Waals surface area contributed by atoms with Crippen LogP contribution in [0.5, 0.6) is 11.5 Å². The van der Waals surface area contributed by atoms with Crippen molar-refractivity contribution in [3.8, 4) is 11.5 Å². The highest BCUT2D eigenvalue weighted by Crippen LogP contribution is 2.36. The Morgan fingerprint density at radius 1 is 1.46 bits per heavy atom. The van der Waals surface area contributed by atoms with Crippen LogP contribution in [0.15, 0.2) is 28.5 Å². The molecule has 122 valence electrons. The Bertz CT molecular complexity index is 970. The molecule has 0 amide bonds. The maximum Gasteiger partial charge on any atom is 0.315 e. The average molecular weight is 346 g/mol. The van der Waals surface area contributed by atoms with Crippen LogP contribution in [0.1, 0.15) is 5.56 Å². The maximum atomic E-state index is 11.0. The molecule has 0 atom stereocenters. The van der Waals surface area contributed by atoms with E-state index < -0.39 is 16.4 Å². The molecule has 0 saturated heterocycles. The minimum absolute atomic E-state index is 0.0366. The topological polar surface area (TPSA) is 139 Å². The number of nitrogens with zero attached hydrogens (tertiary/aromatic N) is 5. The summed E-state index contributed by atoms with van der Waals surface area (Å²) in [4.78, 5) is 29.4. The Balaban J connectivity index is 2.01. The number of rotatable bonds is 4. The third-order valence-electron chi connectivity index (χ3n) is 3.07. The summed E-state index contributed by atoms with van der Waals surface area (Å²) < 4.78 is 4.92. The van der Waals surface area contributed by atoms with E-state index in [0.717, 1.165) is 6.07 Å². The highest BCUT2D eigenvalue weighted by Gasteiger charge is 2.19. The quantitative estimate of drug-likeness (QED) is 0.216. The zero-order chi connectivity index (χ0) is 17.3. The second kappa shape index (κ2) is 6.12. The van der Waals surface area contributed by atoms with Gasteiger partial charge in [-0.25, -0.2) is 15.0 Å². The van der Waals surface area contributed by atoms with Gasteiger partial charge in [0.05, 0.1) is 18.4 Å². The SMILES string of the molecule is COc1cc(C=Nc2nc(S)c3nc[nH]c3n2)cc([N+](=O)[O-])c1O. The minimum atomic E-state index is -0.714. The van der Waals surface area contributed by atoms with Gasteiger partial charge in [-0.3, -0.25) is 10.1 Å². The van der Waals surface area contributed by atoms with Crippen LogP contribution < -0.4 is 4.74 Å². The molecule has 1 aromatic carbocycles. The van der Waals surface area contributed by atoms with Crippen molar-refractivity contribution in [3.63, 3.8) is 0 Å². The summed E-state index contributed by atoms with van der Waals surface area (Å²) in [6.07, 6.45) is 2.78. The van der Waals surface area contributed by atoms with E-state index in [0.29, 0.717) is 21.8 Å². The summed E-state index contributed by atoms with van der Waals surface area (Å²) in [5.41, 5.74) is 0.830. The van der Waals surface area contributed by atoms with Crippen LogP contribution >= 0.6 is 12.6 Å². The van der Waals surface area contributed by atoms with Crippen LogP contribution in [-0.2, 0) is 0 Å². The van der Waals surface area contributed by atoms with Gasteiger partial charge in [0.1, 0.15) is 10.5 Å². The summed E-state index contributed by atoms with van der Waals surface area (Å²) >= 11 is 4.20. The molecule has 0 aliphatic rings. The monoisotopic (exact) mass is 346 g/mol.